The van der Waals surface area contributed by atoms with Gasteiger partial charge < -0.3 is 16.4 Å². The Morgan fingerprint density at radius 2 is 2.00 bits per heavy atom. The van der Waals surface area contributed by atoms with Crippen LogP contribution in [0.25, 0.3) is 0 Å². The molecule has 0 spiro atoms. The smallest absolute Gasteiger partial charge is 0.239 e. The van der Waals surface area contributed by atoms with Crippen molar-refractivity contribution in [3.8, 4) is 0 Å². The summed E-state index contributed by atoms with van der Waals surface area (Å²) in [4.78, 5) is 22.7. The van der Waals surface area contributed by atoms with E-state index in [1.807, 2.05) is 13.8 Å². The molecule has 0 radical (unpaired) electrons. The summed E-state index contributed by atoms with van der Waals surface area (Å²) in [6.07, 6.45) is 3.52. The topological polar surface area (TPSA) is 84.2 Å². The molecule has 0 aromatic carbocycles. The Morgan fingerprint density at radius 1 is 1.35 bits per heavy atom. The molecule has 0 bridgehead atoms. The summed E-state index contributed by atoms with van der Waals surface area (Å²) in [5, 5.41) is 5.21. The number of hydrogen-bond acceptors (Lipinski definition) is 3. The highest BCUT2D eigenvalue weighted by molar-refractivity contribution is 5.87. The van der Waals surface area contributed by atoms with Gasteiger partial charge in [0.05, 0.1) is 12.6 Å². The molecule has 0 saturated heterocycles. The Bertz CT molecular complexity index is 264. The number of amides is 2. The number of rotatable bonds is 8. The van der Waals surface area contributed by atoms with Crippen LogP contribution in [0.15, 0.2) is 12.7 Å². The quantitative estimate of drug-likeness (QED) is 0.418. The minimum absolute atomic E-state index is 0.0205. The molecule has 5 heteroatoms. The average molecular weight is 241 g/mol. The van der Waals surface area contributed by atoms with Crippen LogP contribution in [-0.4, -0.2) is 30.9 Å². The SMILES string of the molecule is C=CCCCNC(=O)CNC(=O)[C@@H](N)C(C)C. The summed E-state index contributed by atoms with van der Waals surface area (Å²) in [5.74, 6) is -0.426. The average Bonchev–Trinajstić information content (AvgIpc) is 2.30. The van der Waals surface area contributed by atoms with Gasteiger partial charge in [-0.1, -0.05) is 19.9 Å². The Morgan fingerprint density at radius 3 is 2.53 bits per heavy atom. The number of hydrogen-bond donors (Lipinski definition) is 3. The predicted molar refractivity (Wildman–Crippen MR) is 68.3 cm³/mol. The Labute approximate surface area is 103 Å². The van der Waals surface area contributed by atoms with Gasteiger partial charge in [0.25, 0.3) is 0 Å². The molecule has 0 aromatic heterocycles. The number of unbranched alkanes of at least 4 members (excludes halogenated alkanes) is 1. The summed E-state index contributed by atoms with van der Waals surface area (Å²) in [6, 6.07) is -0.566. The molecule has 0 aliphatic carbocycles. The minimum atomic E-state index is -0.566. The van der Waals surface area contributed by atoms with E-state index in [0.717, 1.165) is 12.8 Å². The van der Waals surface area contributed by atoms with Gasteiger partial charge in [0.1, 0.15) is 0 Å². The molecule has 0 aliphatic heterocycles. The minimum Gasteiger partial charge on any atom is -0.355 e. The molecule has 17 heavy (non-hydrogen) atoms. The van der Waals surface area contributed by atoms with Crippen molar-refractivity contribution >= 4 is 11.8 Å². The molecule has 1 atom stereocenters. The molecular formula is C12H23N3O2. The van der Waals surface area contributed by atoms with Crippen molar-refractivity contribution in [1.82, 2.24) is 10.6 Å². The van der Waals surface area contributed by atoms with Gasteiger partial charge in [-0.05, 0) is 18.8 Å². The normalized spacial score (nSPS) is 12.0. The molecule has 0 saturated carbocycles. The molecule has 2 amide bonds. The first-order valence-electron chi connectivity index (χ1n) is 5.90. The van der Waals surface area contributed by atoms with Crippen LogP contribution in [0.5, 0.6) is 0 Å². The van der Waals surface area contributed by atoms with Gasteiger partial charge in [-0.15, -0.1) is 6.58 Å². The highest BCUT2D eigenvalue weighted by Crippen LogP contribution is 1.97. The van der Waals surface area contributed by atoms with Crippen LogP contribution in [0.3, 0.4) is 0 Å². The highest BCUT2D eigenvalue weighted by atomic mass is 16.2. The van der Waals surface area contributed by atoms with E-state index in [1.54, 1.807) is 6.08 Å². The van der Waals surface area contributed by atoms with Crippen LogP contribution < -0.4 is 16.4 Å². The second kappa shape index (κ2) is 8.75. The molecule has 98 valence electrons. The van der Waals surface area contributed by atoms with Gasteiger partial charge in [-0.2, -0.15) is 0 Å². The molecule has 0 unspecified atom stereocenters. The lowest BCUT2D eigenvalue weighted by atomic mass is 10.1. The number of nitrogens with two attached hydrogens (primary N) is 1. The second-order valence-electron chi connectivity index (χ2n) is 4.27. The molecule has 0 aromatic rings. The summed E-state index contributed by atoms with van der Waals surface area (Å²) in [5.41, 5.74) is 5.63. The van der Waals surface area contributed by atoms with E-state index >= 15 is 0 Å². The zero-order valence-corrected chi connectivity index (χ0v) is 10.7. The third-order valence-electron chi connectivity index (χ3n) is 2.35. The third kappa shape index (κ3) is 7.52. The maximum Gasteiger partial charge on any atom is 0.239 e. The Hall–Kier alpha value is -1.36. The van der Waals surface area contributed by atoms with Gasteiger partial charge in [-0.3, -0.25) is 9.59 Å². The maximum absolute atomic E-state index is 11.4. The first kappa shape index (κ1) is 15.6. The fourth-order valence-corrected chi connectivity index (χ4v) is 1.12. The van der Waals surface area contributed by atoms with Gasteiger partial charge in [0, 0.05) is 6.54 Å². The van der Waals surface area contributed by atoms with E-state index in [2.05, 4.69) is 17.2 Å². The van der Waals surface area contributed by atoms with Crippen LogP contribution in [0.4, 0.5) is 0 Å². The van der Waals surface area contributed by atoms with Crippen molar-refractivity contribution in [2.24, 2.45) is 11.7 Å². The summed E-state index contributed by atoms with van der Waals surface area (Å²) < 4.78 is 0. The fourth-order valence-electron chi connectivity index (χ4n) is 1.12. The Balaban J connectivity index is 3.69. The van der Waals surface area contributed by atoms with E-state index in [1.165, 1.54) is 0 Å². The van der Waals surface area contributed by atoms with Crippen molar-refractivity contribution in [3.63, 3.8) is 0 Å². The van der Waals surface area contributed by atoms with Crippen LogP contribution in [0, 0.1) is 5.92 Å². The van der Waals surface area contributed by atoms with Crippen LogP contribution in [0.2, 0.25) is 0 Å². The van der Waals surface area contributed by atoms with Gasteiger partial charge >= 0.3 is 0 Å². The summed E-state index contributed by atoms with van der Waals surface area (Å²) >= 11 is 0. The van der Waals surface area contributed by atoms with E-state index < -0.39 is 6.04 Å². The molecule has 0 fully saturated rings. The molecule has 5 nitrogen and oxygen atoms in total. The fraction of sp³-hybridized carbons (Fsp3) is 0.667. The summed E-state index contributed by atoms with van der Waals surface area (Å²) in [6.45, 7) is 7.88. The molecular weight excluding hydrogens is 218 g/mol. The van der Waals surface area contributed by atoms with Gasteiger partial charge in [-0.25, -0.2) is 0 Å². The molecule has 0 heterocycles. The number of allylic oxidation sites excluding steroid dienone is 1. The van der Waals surface area contributed by atoms with Crippen molar-refractivity contribution < 1.29 is 9.59 Å². The zero-order chi connectivity index (χ0) is 13.3. The van der Waals surface area contributed by atoms with Crippen molar-refractivity contribution in [1.29, 1.82) is 0 Å². The molecule has 0 aliphatic rings. The van der Waals surface area contributed by atoms with Crippen LogP contribution in [-0.2, 0) is 9.59 Å². The van der Waals surface area contributed by atoms with Gasteiger partial charge in [0.2, 0.25) is 11.8 Å². The van der Waals surface area contributed by atoms with E-state index in [4.69, 9.17) is 5.73 Å². The standard InChI is InChI=1S/C12H23N3O2/c1-4-5-6-7-14-10(16)8-15-12(17)11(13)9(2)3/h4,9,11H,1,5-8,13H2,2-3H3,(H,14,16)(H,15,17)/t11-/m0/s1. The van der Waals surface area contributed by atoms with E-state index in [0.29, 0.717) is 6.54 Å². The predicted octanol–water partition coefficient (Wildman–Crippen LogP) is 0.168. The lowest BCUT2D eigenvalue weighted by Gasteiger charge is -2.15. The second-order valence-corrected chi connectivity index (χ2v) is 4.27. The van der Waals surface area contributed by atoms with Crippen molar-refractivity contribution in [3.05, 3.63) is 12.7 Å². The van der Waals surface area contributed by atoms with Crippen LogP contribution >= 0.6 is 0 Å². The van der Waals surface area contributed by atoms with Crippen LogP contribution in [0.1, 0.15) is 26.7 Å². The lowest BCUT2D eigenvalue weighted by molar-refractivity contribution is -0.127. The maximum atomic E-state index is 11.4. The zero-order valence-electron chi connectivity index (χ0n) is 10.7. The number of carbonyl (C=O) groups excluding carboxylic acids is 2. The molecule has 0 rings (SSSR count). The molecule has 4 N–H and O–H groups in total. The van der Waals surface area contributed by atoms with E-state index in [-0.39, 0.29) is 24.3 Å². The largest absolute Gasteiger partial charge is 0.355 e. The van der Waals surface area contributed by atoms with E-state index in [9.17, 15) is 9.59 Å². The first-order chi connectivity index (χ1) is 7.99. The van der Waals surface area contributed by atoms with Crippen molar-refractivity contribution in [2.45, 2.75) is 32.7 Å². The van der Waals surface area contributed by atoms with Crippen molar-refractivity contribution in [2.75, 3.05) is 13.1 Å². The number of carbonyl (C=O) groups is 2. The monoisotopic (exact) mass is 241 g/mol. The summed E-state index contributed by atoms with van der Waals surface area (Å²) in [7, 11) is 0. The lowest BCUT2D eigenvalue weighted by Crippen LogP contribution is -2.47. The number of nitrogens with one attached hydrogen (secondary N) is 2. The highest BCUT2D eigenvalue weighted by Gasteiger charge is 2.17. The van der Waals surface area contributed by atoms with Gasteiger partial charge in [0.15, 0.2) is 0 Å². The Kier molecular flexibility index (Phi) is 8.05. The third-order valence-corrected chi connectivity index (χ3v) is 2.35. The first-order valence-corrected chi connectivity index (χ1v) is 5.90.